The Morgan fingerprint density at radius 3 is 2.48 bits per heavy atom. The van der Waals surface area contributed by atoms with Gasteiger partial charge in [-0.3, -0.25) is 9.59 Å². The van der Waals surface area contributed by atoms with Crippen LogP contribution in [0.25, 0.3) is 0 Å². The van der Waals surface area contributed by atoms with Gasteiger partial charge in [-0.2, -0.15) is 13.2 Å². The van der Waals surface area contributed by atoms with Crippen molar-refractivity contribution in [2.45, 2.75) is 19.0 Å². The van der Waals surface area contributed by atoms with Gasteiger partial charge in [0.25, 0.3) is 0 Å². The Morgan fingerprint density at radius 1 is 1.22 bits per heavy atom. The summed E-state index contributed by atoms with van der Waals surface area (Å²) in [6.07, 6.45) is -3.34. The molecule has 0 saturated heterocycles. The van der Waals surface area contributed by atoms with Crippen molar-refractivity contribution < 1.29 is 22.8 Å². The molecule has 1 aromatic heterocycles. The number of nitrogens with zero attached hydrogens (tertiary/aromatic N) is 2. The maximum absolute atomic E-state index is 12.8. The van der Waals surface area contributed by atoms with E-state index in [0.717, 1.165) is 25.1 Å². The Hall–Kier alpha value is -2.28. The minimum absolute atomic E-state index is 0.0490. The topological polar surface area (TPSA) is 59.9 Å². The number of carbonyl (C=O) groups excluding carboxylic acids is 2. The van der Waals surface area contributed by atoms with E-state index in [0.29, 0.717) is 0 Å². The molecule has 120 valence electrons. The average Bonchev–Trinajstić information content (AvgIpc) is 2.46. The molecule has 2 rings (SSSR count). The minimum atomic E-state index is -4.57. The minimum Gasteiger partial charge on any atom is -0.299 e. The van der Waals surface area contributed by atoms with Gasteiger partial charge in [-0.15, -0.1) is 0 Å². The molecule has 0 radical (unpaired) electrons. The number of rotatable bonds is 4. The first-order valence-electron chi connectivity index (χ1n) is 6.40. The van der Waals surface area contributed by atoms with E-state index in [4.69, 9.17) is 11.6 Å². The summed E-state index contributed by atoms with van der Waals surface area (Å²) in [5.41, 5.74) is -1.12. The zero-order valence-corrected chi connectivity index (χ0v) is 12.5. The third-order valence-corrected chi connectivity index (χ3v) is 3.28. The highest BCUT2D eigenvalue weighted by atomic mass is 35.5. The lowest BCUT2D eigenvalue weighted by Gasteiger charge is -2.15. The second kappa shape index (κ2) is 6.45. The smallest absolute Gasteiger partial charge is 0.299 e. The van der Waals surface area contributed by atoms with E-state index < -0.39 is 29.2 Å². The molecule has 0 bridgehead atoms. The summed E-state index contributed by atoms with van der Waals surface area (Å²) in [7, 11) is 0. The number of aromatic nitrogens is 2. The molecule has 0 aliphatic carbocycles. The van der Waals surface area contributed by atoms with Crippen LogP contribution in [0.4, 0.5) is 13.2 Å². The van der Waals surface area contributed by atoms with Gasteiger partial charge in [0.15, 0.2) is 5.78 Å². The molecule has 0 aliphatic heterocycles. The van der Waals surface area contributed by atoms with E-state index in [1.54, 1.807) is 0 Å². The van der Waals surface area contributed by atoms with Crippen LogP contribution in [-0.4, -0.2) is 21.5 Å². The number of hydrogen-bond donors (Lipinski definition) is 0. The molecular formula is C15H10ClF3N2O2. The Balaban J connectivity index is 2.47. The molecule has 4 nitrogen and oxygen atoms in total. The number of ketones is 2. The molecule has 1 aromatic carbocycles. The summed E-state index contributed by atoms with van der Waals surface area (Å²) in [4.78, 5) is 31.6. The highest BCUT2D eigenvalue weighted by Crippen LogP contribution is 2.32. The number of halogens is 4. The van der Waals surface area contributed by atoms with Crippen molar-refractivity contribution in [1.82, 2.24) is 9.97 Å². The molecule has 2 aromatic rings. The van der Waals surface area contributed by atoms with E-state index in [1.165, 1.54) is 18.3 Å². The van der Waals surface area contributed by atoms with Crippen molar-refractivity contribution in [3.8, 4) is 0 Å². The fourth-order valence-corrected chi connectivity index (χ4v) is 2.23. The molecule has 1 atom stereocenters. The van der Waals surface area contributed by atoms with Crippen LogP contribution in [0.5, 0.6) is 0 Å². The van der Waals surface area contributed by atoms with Crippen LogP contribution < -0.4 is 0 Å². The SMILES string of the molecule is CC(=O)C(C(=O)c1ccnc(Cl)n1)c1cccc(C(F)(F)F)c1. The maximum atomic E-state index is 12.8. The molecule has 1 unspecified atom stereocenters. The summed E-state index contributed by atoms with van der Waals surface area (Å²) in [6.45, 7) is 1.13. The predicted molar refractivity (Wildman–Crippen MR) is 76.2 cm³/mol. The largest absolute Gasteiger partial charge is 0.416 e. The number of Topliss-reactive ketones (excluding diaryl/α,β-unsaturated/α-hetero) is 2. The monoisotopic (exact) mass is 342 g/mol. The van der Waals surface area contributed by atoms with E-state index in [2.05, 4.69) is 9.97 Å². The van der Waals surface area contributed by atoms with Gasteiger partial charge in [0.05, 0.1) is 5.56 Å². The lowest BCUT2D eigenvalue weighted by molar-refractivity contribution is -0.137. The van der Waals surface area contributed by atoms with Crippen molar-refractivity contribution >= 4 is 23.2 Å². The first kappa shape index (κ1) is 17.1. The van der Waals surface area contributed by atoms with E-state index in [1.807, 2.05) is 0 Å². The van der Waals surface area contributed by atoms with Gasteiger partial charge in [0.2, 0.25) is 5.28 Å². The average molecular weight is 343 g/mol. The summed E-state index contributed by atoms with van der Waals surface area (Å²) in [5.74, 6) is -2.71. The normalized spacial score (nSPS) is 12.7. The first-order valence-corrected chi connectivity index (χ1v) is 6.78. The van der Waals surface area contributed by atoms with Crippen LogP contribution >= 0.6 is 11.6 Å². The zero-order valence-electron chi connectivity index (χ0n) is 11.8. The molecular weight excluding hydrogens is 333 g/mol. The van der Waals surface area contributed by atoms with Crippen LogP contribution in [0, 0.1) is 0 Å². The zero-order chi connectivity index (χ0) is 17.2. The summed E-state index contributed by atoms with van der Waals surface area (Å²) in [5, 5.41) is -0.192. The fraction of sp³-hybridized carbons (Fsp3) is 0.200. The van der Waals surface area contributed by atoms with E-state index >= 15 is 0 Å². The van der Waals surface area contributed by atoms with Gasteiger partial charge >= 0.3 is 6.18 Å². The fourth-order valence-electron chi connectivity index (χ4n) is 2.09. The summed E-state index contributed by atoms with van der Waals surface area (Å²) in [6, 6.07) is 5.34. The predicted octanol–water partition coefficient (Wildman–Crippen LogP) is 3.70. The molecule has 1 heterocycles. The van der Waals surface area contributed by atoms with Crippen LogP contribution in [0.2, 0.25) is 5.28 Å². The van der Waals surface area contributed by atoms with Gasteiger partial charge < -0.3 is 0 Å². The van der Waals surface area contributed by atoms with Gasteiger partial charge in [0.1, 0.15) is 17.4 Å². The number of carbonyl (C=O) groups is 2. The van der Waals surface area contributed by atoms with E-state index in [9.17, 15) is 22.8 Å². The summed E-state index contributed by atoms with van der Waals surface area (Å²) < 4.78 is 38.4. The third-order valence-electron chi connectivity index (χ3n) is 3.09. The maximum Gasteiger partial charge on any atom is 0.416 e. The highest BCUT2D eigenvalue weighted by molar-refractivity contribution is 6.28. The molecule has 0 spiro atoms. The van der Waals surface area contributed by atoms with Crippen molar-refractivity contribution in [2.24, 2.45) is 0 Å². The lowest BCUT2D eigenvalue weighted by Crippen LogP contribution is -2.22. The van der Waals surface area contributed by atoms with Crippen molar-refractivity contribution in [2.75, 3.05) is 0 Å². The molecule has 0 saturated carbocycles. The third kappa shape index (κ3) is 3.92. The van der Waals surface area contributed by atoms with Gasteiger partial charge in [-0.25, -0.2) is 9.97 Å². The standard InChI is InChI=1S/C15H10ClF3N2O2/c1-8(22)12(13(23)11-5-6-20-14(16)21-11)9-3-2-4-10(7-9)15(17,18)19/h2-7,12H,1H3. The van der Waals surface area contributed by atoms with Crippen LogP contribution in [0.3, 0.4) is 0 Å². The van der Waals surface area contributed by atoms with Gasteiger partial charge in [-0.1, -0.05) is 18.2 Å². The molecule has 8 heteroatoms. The number of hydrogen-bond acceptors (Lipinski definition) is 4. The second-order valence-corrected chi connectivity index (χ2v) is 5.08. The quantitative estimate of drug-likeness (QED) is 0.483. The van der Waals surface area contributed by atoms with Crippen LogP contribution in [-0.2, 0) is 11.0 Å². The molecule has 23 heavy (non-hydrogen) atoms. The van der Waals surface area contributed by atoms with Crippen molar-refractivity contribution in [3.05, 3.63) is 58.6 Å². The molecule has 0 amide bonds. The number of alkyl halides is 3. The molecule has 0 aliphatic rings. The Kier molecular flexibility index (Phi) is 4.79. The van der Waals surface area contributed by atoms with Crippen LogP contribution in [0.1, 0.15) is 34.5 Å². The Bertz CT molecular complexity index is 762. The van der Waals surface area contributed by atoms with Crippen molar-refractivity contribution in [3.63, 3.8) is 0 Å². The highest BCUT2D eigenvalue weighted by Gasteiger charge is 2.33. The van der Waals surface area contributed by atoms with Gasteiger partial charge in [-0.05, 0) is 36.2 Å². The second-order valence-electron chi connectivity index (χ2n) is 4.74. The van der Waals surface area contributed by atoms with Crippen LogP contribution in [0.15, 0.2) is 36.5 Å². The Morgan fingerprint density at radius 2 is 1.91 bits per heavy atom. The molecule has 0 N–H and O–H groups in total. The van der Waals surface area contributed by atoms with Gasteiger partial charge in [0, 0.05) is 6.20 Å². The molecule has 0 fully saturated rings. The lowest BCUT2D eigenvalue weighted by atomic mass is 9.88. The Labute approximate surface area is 134 Å². The van der Waals surface area contributed by atoms with E-state index in [-0.39, 0.29) is 16.5 Å². The number of benzene rings is 1. The van der Waals surface area contributed by atoms with Crippen molar-refractivity contribution in [1.29, 1.82) is 0 Å². The first-order chi connectivity index (χ1) is 10.7. The summed E-state index contributed by atoms with van der Waals surface area (Å²) >= 11 is 5.60.